The van der Waals surface area contributed by atoms with E-state index in [1.807, 2.05) is 6.07 Å². The van der Waals surface area contributed by atoms with Crippen LogP contribution in [-0.4, -0.2) is 25.5 Å². The predicted octanol–water partition coefficient (Wildman–Crippen LogP) is 1.66. The summed E-state index contributed by atoms with van der Waals surface area (Å²) in [7, 11) is 1.76. The molecule has 1 amide bonds. The van der Waals surface area contributed by atoms with Gasteiger partial charge in [0, 0.05) is 12.7 Å². The smallest absolute Gasteiger partial charge is 0.243 e. The molecule has 0 spiro atoms. The van der Waals surface area contributed by atoms with Crippen molar-refractivity contribution < 1.29 is 4.79 Å². The van der Waals surface area contributed by atoms with Crippen LogP contribution in [0.2, 0.25) is 0 Å². The minimum absolute atomic E-state index is 0.0739. The molecular weight excluding hydrogens is 226 g/mol. The van der Waals surface area contributed by atoms with E-state index in [1.165, 1.54) is 0 Å². The van der Waals surface area contributed by atoms with Gasteiger partial charge < -0.3 is 10.2 Å². The summed E-state index contributed by atoms with van der Waals surface area (Å²) in [6.45, 7) is 0.905. The molecule has 0 aromatic heterocycles. The second-order valence-corrected chi connectivity index (χ2v) is 4.56. The fourth-order valence-corrected chi connectivity index (χ4v) is 2.21. The summed E-state index contributed by atoms with van der Waals surface area (Å²) in [4.78, 5) is 13.9. The molecule has 2 rings (SSSR count). The molecule has 0 saturated carbocycles. The third-order valence-corrected chi connectivity index (χ3v) is 3.30. The summed E-state index contributed by atoms with van der Waals surface area (Å²) in [5, 5.41) is 12.1. The molecule has 1 heterocycles. The van der Waals surface area contributed by atoms with E-state index in [0.29, 0.717) is 5.56 Å². The monoisotopic (exact) mass is 243 g/mol. The minimum atomic E-state index is -0.0884. The van der Waals surface area contributed by atoms with E-state index in [-0.39, 0.29) is 11.9 Å². The Morgan fingerprint density at radius 3 is 3.00 bits per heavy atom. The van der Waals surface area contributed by atoms with Crippen LogP contribution in [0.1, 0.15) is 24.8 Å². The number of rotatable bonds is 2. The lowest BCUT2D eigenvalue weighted by Crippen LogP contribution is -2.47. The lowest BCUT2D eigenvalue weighted by atomic mass is 10.0. The van der Waals surface area contributed by atoms with Crippen LogP contribution in [0.5, 0.6) is 0 Å². The fraction of sp³-hybridized carbons (Fsp3) is 0.429. The first-order valence-corrected chi connectivity index (χ1v) is 6.23. The Morgan fingerprint density at radius 1 is 1.50 bits per heavy atom. The Balaban J connectivity index is 2.12. The minimum Gasteiger partial charge on any atom is -0.314 e. The van der Waals surface area contributed by atoms with Crippen LogP contribution in [0.15, 0.2) is 24.3 Å². The molecule has 1 unspecified atom stereocenters. The largest absolute Gasteiger partial charge is 0.314 e. The third kappa shape index (κ3) is 2.69. The van der Waals surface area contributed by atoms with E-state index in [0.717, 1.165) is 31.5 Å². The standard InChI is InChI=1S/C14H17N3O/c1-17(12-6-4-5-11(9-12)10-15)14(18)13-7-2-3-8-16-13/h4-6,9,13,16H,2-3,7-8H2,1H3. The van der Waals surface area contributed by atoms with E-state index in [1.54, 1.807) is 30.1 Å². The van der Waals surface area contributed by atoms with Crippen LogP contribution in [0, 0.1) is 11.3 Å². The van der Waals surface area contributed by atoms with Gasteiger partial charge in [-0.05, 0) is 37.6 Å². The average molecular weight is 243 g/mol. The molecule has 18 heavy (non-hydrogen) atoms. The Bertz CT molecular complexity index is 472. The number of nitrogens with one attached hydrogen (secondary N) is 1. The summed E-state index contributed by atoms with van der Waals surface area (Å²) < 4.78 is 0. The normalized spacial score (nSPS) is 19.0. The molecule has 0 aliphatic carbocycles. The quantitative estimate of drug-likeness (QED) is 0.859. The van der Waals surface area contributed by atoms with Gasteiger partial charge in [0.1, 0.15) is 0 Å². The first kappa shape index (κ1) is 12.6. The zero-order valence-electron chi connectivity index (χ0n) is 10.5. The molecule has 1 saturated heterocycles. The predicted molar refractivity (Wildman–Crippen MR) is 70.2 cm³/mol. The number of hydrogen-bond acceptors (Lipinski definition) is 3. The second-order valence-electron chi connectivity index (χ2n) is 4.56. The van der Waals surface area contributed by atoms with Gasteiger partial charge >= 0.3 is 0 Å². The van der Waals surface area contributed by atoms with Gasteiger partial charge in [0.15, 0.2) is 0 Å². The summed E-state index contributed by atoms with van der Waals surface area (Å²) in [6, 6.07) is 9.12. The molecule has 0 bridgehead atoms. The van der Waals surface area contributed by atoms with Gasteiger partial charge in [-0.2, -0.15) is 5.26 Å². The van der Waals surface area contributed by atoms with Crippen molar-refractivity contribution in [3.8, 4) is 6.07 Å². The van der Waals surface area contributed by atoms with Crippen LogP contribution in [-0.2, 0) is 4.79 Å². The molecule has 4 nitrogen and oxygen atoms in total. The highest BCUT2D eigenvalue weighted by atomic mass is 16.2. The number of amides is 1. The zero-order chi connectivity index (χ0) is 13.0. The van der Waals surface area contributed by atoms with E-state index < -0.39 is 0 Å². The number of nitrogens with zero attached hydrogens (tertiary/aromatic N) is 2. The maximum Gasteiger partial charge on any atom is 0.243 e. The Hall–Kier alpha value is -1.86. The average Bonchev–Trinajstić information content (AvgIpc) is 2.46. The number of likely N-dealkylation sites (N-methyl/N-ethyl adjacent to an activating group) is 1. The van der Waals surface area contributed by atoms with Crippen LogP contribution in [0.25, 0.3) is 0 Å². The number of carbonyl (C=O) groups is 1. The van der Waals surface area contributed by atoms with Gasteiger partial charge in [0.25, 0.3) is 0 Å². The number of nitriles is 1. The molecule has 4 heteroatoms. The molecule has 1 aromatic rings. The fourth-order valence-electron chi connectivity index (χ4n) is 2.21. The molecule has 1 aromatic carbocycles. The summed E-state index contributed by atoms with van der Waals surface area (Å²) >= 11 is 0. The van der Waals surface area contributed by atoms with Crippen molar-refractivity contribution in [2.24, 2.45) is 0 Å². The van der Waals surface area contributed by atoms with Crippen molar-refractivity contribution in [2.45, 2.75) is 25.3 Å². The third-order valence-electron chi connectivity index (χ3n) is 3.30. The lowest BCUT2D eigenvalue weighted by molar-refractivity contribution is -0.120. The van der Waals surface area contributed by atoms with Gasteiger partial charge in [0.05, 0.1) is 17.7 Å². The number of benzene rings is 1. The van der Waals surface area contributed by atoms with Crippen molar-refractivity contribution >= 4 is 11.6 Å². The Kier molecular flexibility index (Phi) is 3.96. The highest BCUT2D eigenvalue weighted by Gasteiger charge is 2.24. The van der Waals surface area contributed by atoms with Crippen molar-refractivity contribution in [3.63, 3.8) is 0 Å². The summed E-state index contributed by atoms with van der Waals surface area (Å²) in [5.41, 5.74) is 1.34. The molecule has 1 aliphatic rings. The van der Waals surface area contributed by atoms with Gasteiger partial charge in [0.2, 0.25) is 5.91 Å². The van der Waals surface area contributed by atoms with E-state index >= 15 is 0 Å². The maximum absolute atomic E-state index is 12.3. The Morgan fingerprint density at radius 2 is 2.33 bits per heavy atom. The summed E-state index contributed by atoms with van der Waals surface area (Å²) in [6.07, 6.45) is 3.12. The number of anilines is 1. The van der Waals surface area contributed by atoms with Gasteiger partial charge in [-0.15, -0.1) is 0 Å². The van der Waals surface area contributed by atoms with Crippen molar-refractivity contribution in [2.75, 3.05) is 18.5 Å². The Labute approximate surface area is 107 Å². The number of hydrogen-bond donors (Lipinski definition) is 1. The lowest BCUT2D eigenvalue weighted by Gasteiger charge is -2.27. The number of carbonyl (C=O) groups excluding carboxylic acids is 1. The molecular formula is C14H17N3O. The summed E-state index contributed by atoms with van der Waals surface area (Å²) in [5.74, 6) is 0.0739. The topological polar surface area (TPSA) is 56.1 Å². The first-order valence-electron chi connectivity index (χ1n) is 6.23. The number of piperidine rings is 1. The van der Waals surface area contributed by atoms with E-state index in [4.69, 9.17) is 5.26 Å². The highest BCUT2D eigenvalue weighted by molar-refractivity contribution is 5.96. The zero-order valence-corrected chi connectivity index (χ0v) is 10.5. The molecule has 1 atom stereocenters. The molecule has 0 radical (unpaired) electrons. The van der Waals surface area contributed by atoms with Crippen molar-refractivity contribution in [1.82, 2.24) is 5.32 Å². The van der Waals surface area contributed by atoms with Gasteiger partial charge in [-0.1, -0.05) is 12.5 Å². The SMILES string of the molecule is CN(C(=O)C1CCCCN1)c1cccc(C#N)c1. The van der Waals surface area contributed by atoms with Crippen molar-refractivity contribution in [3.05, 3.63) is 29.8 Å². The van der Waals surface area contributed by atoms with Crippen LogP contribution >= 0.6 is 0 Å². The van der Waals surface area contributed by atoms with Crippen molar-refractivity contribution in [1.29, 1.82) is 5.26 Å². The van der Waals surface area contributed by atoms with Crippen LogP contribution in [0.4, 0.5) is 5.69 Å². The molecule has 1 fully saturated rings. The van der Waals surface area contributed by atoms with Crippen LogP contribution in [0.3, 0.4) is 0 Å². The van der Waals surface area contributed by atoms with Gasteiger partial charge in [-0.3, -0.25) is 4.79 Å². The second kappa shape index (κ2) is 5.65. The first-order chi connectivity index (χ1) is 8.72. The highest BCUT2D eigenvalue weighted by Crippen LogP contribution is 2.17. The van der Waals surface area contributed by atoms with E-state index in [2.05, 4.69) is 11.4 Å². The van der Waals surface area contributed by atoms with Crippen LogP contribution < -0.4 is 10.2 Å². The molecule has 1 aliphatic heterocycles. The molecule has 1 N–H and O–H groups in total. The van der Waals surface area contributed by atoms with E-state index in [9.17, 15) is 4.79 Å². The molecule has 94 valence electrons. The maximum atomic E-state index is 12.3. The van der Waals surface area contributed by atoms with Gasteiger partial charge in [-0.25, -0.2) is 0 Å².